The van der Waals surface area contributed by atoms with Crippen LogP contribution in [0.15, 0.2) is 42.6 Å². The Morgan fingerprint density at radius 1 is 1.12 bits per heavy atom. The van der Waals surface area contributed by atoms with Crippen molar-refractivity contribution in [1.29, 1.82) is 0 Å². The maximum Gasteiger partial charge on any atom is 0.418 e. The van der Waals surface area contributed by atoms with Crippen molar-refractivity contribution in [1.82, 2.24) is 4.98 Å². The van der Waals surface area contributed by atoms with Gasteiger partial charge in [-0.2, -0.15) is 13.2 Å². The van der Waals surface area contributed by atoms with Gasteiger partial charge in [-0.15, -0.1) is 0 Å². The molecule has 1 aromatic heterocycles. The number of nitrogens with zero attached hydrogens (tertiary/aromatic N) is 1. The Bertz CT molecular complexity index is 699. The molecule has 2 N–H and O–H groups in total. The third-order valence-electron chi connectivity index (χ3n) is 3.59. The summed E-state index contributed by atoms with van der Waals surface area (Å²) >= 11 is 0. The van der Waals surface area contributed by atoms with Gasteiger partial charge in [-0.3, -0.25) is 4.79 Å². The number of alkyl halides is 3. The molecule has 0 aliphatic rings. The minimum atomic E-state index is -4.53. The summed E-state index contributed by atoms with van der Waals surface area (Å²) in [5.74, 6) is -0.00919. The van der Waals surface area contributed by atoms with Crippen molar-refractivity contribution < 1.29 is 18.0 Å². The van der Waals surface area contributed by atoms with E-state index in [0.717, 1.165) is 31.9 Å². The highest BCUT2D eigenvalue weighted by molar-refractivity contribution is 6.04. The molecule has 25 heavy (non-hydrogen) atoms. The normalized spacial score (nSPS) is 11.2. The molecule has 0 radical (unpaired) electrons. The molecule has 0 bridgehead atoms. The fraction of sp³-hybridized carbons (Fsp3) is 0.333. The lowest BCUT2D eigenvalue weighted by Gasteiger charge is -2.13. The Morgan fingerprint density at radius 2 is 1.88 bits per heavy atom. The maximum atomic E-state index is 13.0. The van der Waals surface area contributed by atoms with Crippen molar-refractivity contribution in [2.45, 2.75) is 32.4 Å². The highest BCUT2D eigenvalue weighted by atomic mass is 19.4. The second-order valence-corrected chi connectivity index (χ2v) is 5.56. The van der Waals surface area contributed by atoms with Crippen LogP contribution in [0.4, 0.5) is 24.7 Å². The summed E-state index contributed by atoms with van der Waals surface area (Å²) in [6.07, 6.45) is 0.0659. The topological polar surface area (TPSA) is 54.0 Å². The van der Waals surface area contributed by atoms with E-state index >= 15 is 0 Å². The maximum absolute atomic E-state index is 13.0. The summed E-state index contributed by atoms with van der Waals surface area (Å²) in [5.41, 5.74) is -0.969. The van der Waals surface area contributed by atoms with Crippen LogP contribution in [0, 0.1) is 0 Å². The number of pyridine rings is 1. The number of carbonyl (C=O) groups is 1. The minimum absolute atomic E-state index is 0.191. The van der Waals surface area contributed by atoms with Gasteiger partial charge in [0.25, 0.3) is 5.91 Å². The van der Waals surface area contributed by atoms with Gasteiger partial charge in [0.2, 0.25) is 0 Å². The van der Waals surface area contributed by atoms with Crippen molar-refractivity contribution in [3.05, 3.63) is 53.7 Å². The molecular weight excluding hydrogens is 331 g/mol. The molecule has 4 nitrogen and oxygen atoms in total. The Morgan fingerprint density at radius 3 is 2.52 bits per heavy atom. The zero-order valence-corrected chi connectivity index (χ0v) is 13.9. The fourth-order valence-corrected chi connectivity index (χ4v) is 2.26. The molecular formula is C18H20F3N3O. The van der Waals surface area contributed by atoms with E-state index in [1.165, 1.54) is 30.5 Å². The molecule has 7 heteroatoms. The average molecular weight is 351 g/mol. The van der Waals surface area contributed by atoms with Crippen LogP contribution in [-0.4, -0.2) is 17.4 Å². The van der Waals surface area contributed by atoms with E-state index in [4.69, 9.17) is 0 Å². The van der Waals surface area contributed by atoms with Crippen molar-refractivity contribution in [2.24, 2.45) is 0 Å². The van der Waals surface area contributed by atoms with Crippen molar-refractivity contribution in [3.8, 4) is 0 Å². The van der Waals surface area contributed by atoms with Crippen LogP contribution >= 0.6 is 0 Å². The van der Waals surface area contributed by atoms with Gasteiger partial charge in [-0.25, -0.2) is 4.98 Å². The van der Waals surface area contributed by atoms with Crippen molar-refractivity contribution in [2.75, 3.05) is 17.2 Å². The summed E-state index contributed by atoms with van der Waals surface area (Å²) in [6, 6.07) is 8.03. The van der Waals surface area contributed by atoms with E-state index in [0.29, 0.717) is 5.82 Å². The second kappa shape index (κ2) is 8.50. The number of hydrogen-bond donors (Lipinski definition) is 2. The molecule has 1 amide bonds. The third-order valence-corrected chi connectivity index (χ3v) is 3.59. The first kappa shape index (κ1) is 18.8. The van der Waals surface area contributed by atoms with Crippen LogP contribution in [0.25, 0.3) is 0 Å². The highest BCUT2D eigenvalue weighted by Gasteiger charge is 2.33. The number of para-hydroxylation sites is 1. The van der Waals surface area contributed by atoms with Crippen molar-refractivity contribution >= 4 is 17.4 Å². The van der Waals surface area contributed by atoms with E-state index in [2.05, 4.69) is 22.5 Å². The van der Waals surface area contributed by atoms with Crippen LogP contribution in [0.2, 0.25) is 0 Å². The molecule has 2 aromatic rings. The van der Waals surface area contributed by atoms with Crippen LogP contribution in [0.5, 0.6) is 0 Å². The number of anilines is 2. The molecule has 0 saturated carbocycles. The lowest BCUT2D eigenvalue weighted by Crippen LogP contribution is -2.17. The molecule has 134 valence electrons. The molecule has 0 aliphatic carbocycles. The van der Waals surface area contributed by atoms with Gasteiger partial charge in [0, 0.05) is 12.7 Å². The van der Waals surface area contributed by atoms with E-state index in [9.17, 15) is 18.0 Å². The smallest absolute Gasteiger partial charge is 0.370 e. The molecule has 1 heterocycles. The van der Waals surface area contributed by atoms with Gasteiger partial charge in [-0.1, -0.05) is 31.9 Å². The molecule has 2 rings (SSSR count). The first-order valence-corrected chi connectivity index (χ1v) is 8.09. The Balaban J connectivity index is 2.02. The number of rotatable bonds is 7. The van der Waals surface area contributed by atoms with Gasteiger partial charge >= 0.3 is 6.18 Å². The van der Waals surface area contributed by atoms with Crippen LogP contribution < -0.4 is 10.6 Å². The predicted molar refractivity (Wildman–Crippen MR) is 91.6 cm³/mol. The Kier molecular flexibility index (Phi) is 6.38. The van der Waals surface area contributed by atoms with Gasteiger partial charge in [0.05, 0.1) is 16.8 Å². The number of nitrogens with one attached hydrogen (secondary N) is 2. The number of aromatic nitrogens is 1. The number of benzene rings is 1. The number of hydrogen-bond acceptors (Lipinski definition) is 3. The van der Waals surface area contributed by atoms with E-state index < -0.39 is 17.6 Å². The largest absolute Gasteiger partial charge is 0.418 e. The van der Waals surface area contributed by atoms with Gasteiger partial charge in [0.1, 0.15) is 5.82 Å². The highest BCUT2D eigenvalue weighted by Crippen LogP contribution is 2.34. The van der Waals surface area contributed by atoms with Crippen LogP contribution in [-0.2, 0) is 6.18 Å². The van der Waals surface area contributed by atoms with E-state index in [1.54, 1.807) is 6.07 Å². The zero-order valence-electron chi connectivity index (χ0n) is 13.9. The van der Waals surface area contributed by atoms with Crippen LogP contribution in [0.3, 0.4) is 0 Å². The number of halogens is 3. The molecule has 0 fully saturated rings. The van der Waals surface area contributed by atoms with E-state index in [1.807, 2.05) is 0 Å². The molecule has 0 unspecified atom stereocenters. The SMILES string of the molecule is CCCCCNc1ccc(C(=O)Nc2ccccc2C(F)(F)F)cn1. The number of unbranched alkanes of at least 4 members (excludes halogenated alkanes) is 2. The molecule has 0 saturated heterocycles. The molecule has 0 aliphatic heterocycles. The summed E-state index contributed by atoms with van der Waals surface area (Å²) in [5, 5.41) is 5.43. The third kappa shape index (κ3) is 5.48. The molecule has 0 spiro atoms. The van der Waals surface area contributed by atoms with Gasteiger partial charge in [0.15, 0.2) is 0 Å². The summed E-state index contributed by atoms with van der Waals surface area (Å²) in [7, 11) is 0. The minimum Gasteiger partial charge on any atom is -0.370 e. The lowest BCUT2D eigenvalue weighted by atomic mass is 10.1. The summed E-state index contributed by atoms with van der Waals surface area (Å²) < 4.78 is 38.9. The van der Waals surface area contributed by atoms with Crippen LogP contribution in [0.1, 0.15) is 42.1 Å². The quantitative estimate of drug-likeness (QED) is 0.694. The molecule has 0 atom stereocenters. The second-order valence-electron chi connectivity index (χ2n) is 5.56. The van der Waals surface area contributed by atoms with Crippen molar-refractivity contribution in [3.63, 3.8) is 0 Å². The standard InChI is InChI=1S/C18H20F3N3O/c1-2-3-6-11-22-16-10-9-13(12-23-16)17(25)24-15-8-5-4-7-14(15)18(19,20)21/h4-5,7-10,12H,2-3,6,11H2,1H3,(H,22,23)(H,24,25). The van der Waals surface area contributed by atoms with Gasteiger partial charge < -0.3 is 10.6 Å². The molecule has 1 aromatic carbocycles. The fourth-order valence-electron chi connectivity index (χ4n) is 2.26. The number of amides is 1. The first-order chi connectivity index (χ1) is 11.9. The Labute approximate surface area is 144 Å². The van der Waals surface area contributed by atoms with Gasteiger partial charge in [-0.05, 0) is 30.7 Å². The first-order valence-electron chi connectivity index (χ1n) is 8.09. The number of carbonyl (C=O) groups excluding carboxylic acids is 1. The lowest BCUT2D eigenvalue weighted by molar-refractivity contribution is -0.136. The summed E-state index contributed by atoms with van der Waals surface area (Å²) in [4.78, 5) is 16.3. The zero-order chi connectivity index (χ0) is 18.3. The monoisotopic (exact) mass is 351 g/mol. The summed E-state index contributed by atoms with van der Waals surface area (Å²) in [6.45, 7) is 2.90. The average Bonchev–Trinajstić information content (AvgIpc) is 2.59. The van der Waals surface area contributed by atoms with E-state index in [-0.39, 0.29) is 11.3 Å². The Hall–Kier alpha value is -2.57. The predicted octanol–water partition coefficient (Wildman–Crippen LogP) is 4.95.